The van der Waals surface area contributed by atoms with E-state index in [-0.39, 0.29) is 29.5 Å². The maximum Gasteiger partial charge on any atom is 0.572 e. The maximum absolute atomic E-state index is 13.4. The number of primary amides is 1. The molecule has 0 radical (unpaired) electrons. The van der Waals surface area contributed by atoms with Crippen molar-refractivity contribution in [2.45, 2.75) is 18.3 Å². The summed E-state index contributed by atoms with van der Waals surface area (Å²) in [5.41, 5.74) is 3.95. The summed E-state index contributed by atoms with van der Waals surface area (Å²) in [5, 5.41) is 11.2. The fraction of sp³-hybridized carbons (Fsp3) is 0.409. The van der Waals surface area contributed by atoms with Crippen molar-refractivity contribution in [2.75, 3.05) is 39.8 Å². The Morgan fingerprint density at radius 1 is 1.19 bits per heavy atom. The lowest BCUT2D eigenvalue weighted by Crippen LogP contribution is -2.54. The van der Waals surface area contributed by atoms with Gasteiger partial charge in [0.05, 0.1) is 6.54 Å². The molecule has 3 N–H and O–H groups in total. The lowest BCUT2D eigenvalue weighted by Gasteiger charge is -2.38. The van der Waals surface area contributed by atoms with E-state index in [2.05, 4.69) is 30.1 Å². The number of amides is 2. The van der Waals surface area contributed by atoms with Crippen LogP contribution in [0.5, 0.6) is 0 Å². The number of aromatic nitrogens is 3. The van der Waals surface area contributed by atoms with Crippen LogP contribution in [0.3, 0.4) is 0 Å². The molecule has 3 heterocycles. The number of nitrogens with two attached hydrogens (primary N) is 1. The van der Waals surface area contributed by atoms with Gasteiger partial charge in [-0.2, -0.15) is 0 Å². The number of hydrogen-bond donors (Lipinski definition) is 2. The van der Waals surface area contributed by atoms with Gasteiger partial charge in [0.25, 0.3) is 0 Å². The van der Waals surface area contributed by atoms with Gasteiger partial charge in [-0.15, -0.1) is 35.8 Å². The van der Waals surface area contributed by atoms with Crippen molar-refractivity contribution in [3.8, 4) is 10.7 Å². The first-order valence-corrected chi connectivity index (χ1v) is 11.8. The average molecular weight is 560 g/mol. The van der Waals surface area contributed by atoms with E-state index in [9.17, 15) is 22.8 Å². The smallest absolute Gasteiger partial charge is 0.407 e. The van der Waals surface area contributed by atoms with Crippen LogP contribution < -0.4 is 11.1 Å². The van der Waals surface area contributed by atoms with Crippen molar-refractivity contribution in [2.24, 2.45) is 5.73 Å². The van der Waals surface area contributed by atoms with Crippen molar-refractivity contribution < 1.29 is 27.5 Å². The zero-order chi connectivity index (χ0) is 25.9. The third-order valence-electron chi connectivity index (χ3n) is 5.84. The number of hydrogen-bond acceptors (Lipinski definition) is 9. The van der Waals surface area contributed by atoms with Gasteiger partial charge >= 0.3 is 6.36 Å². The summed E-state index contributed by atoms with van der Waals surface area (Å²) < 4.78 is 44.6. The zero-order valence-electron chi connectivity index (χ0n) is 19.7. The summed E-state index contributed by atoms with van der Waals surface area (Å²) in [4.78, 5) is 33.4. The first-order valence-electron chi connectivity index (χ1n) is 11.0. The van der Waals surface area contributed by atoms with Gasteiger partial charge in [-0.3, -0.25) is 19.5 Å². The molecule has 2 aromatic heterocycles. The quantitative estimate of drug-likeness (QED) is 0.526. The largest absolute Gasteiger partial charge is 0.572 e. The number of nitrogens with zero attached hydrogens (tertiary/aromatic N) is 5. The minimum atomic E-state index is -5.06. The molecule has 10 nitrogen and oxygen atoms in total. The van der Waals surface area contributed by atoms with Crippen molar-refractivity contribution >= 4 is 35.6 Å². The molecule has 0 aromatic carbocycles. The molecule has 0 spiro atoms. The van der Waals surface area contributed by atoms with Crippen LogP contribution in [0.15, 0.2) is 47.9 Å². The first kappa shape index (κ1) is 28.5. The molecule has 1 saturated heterocycles. The lowest BCUT2D eigenvalue weighted by molar-refractivity contribution is -0.310. The van der Waals surface area contributed by atoms with Crippen LogP contribution in [-0.2, 0) is 19.9 Å². The molecule has 2 amide bonds. The maximum atomic E-state index is 13.4. The number of ether oxygens (including phenoxy) is 1. The topological polar surface area (TPSA) is 127 Å². The average Bonchev–Trinajstić information content (AvgIpc) is 3.32. The minimum absolute atomic E-state index is 0. The molecule has 1 unspecified atom stereocenters. The molecule has 4 rings (SSSR count). The molecular weight excluding hydrogens is 535 g/mol. The highest BCUT2D eigenvalue weighted by Gasteiger charge is 2.49. The van der Waals surface area contributed by atoms with Crippen LogP contribution in [0.2, 0.25) is 0 Å². The highest BCUT2D eigenvalue weighted by Crippen LogP contribution is 2.44. The summed E-state index contributed by atoms with van der Waals surface area (Å²) in [6, 6.07) is 5.10. The predicted octanol–water partition coefficient (Wildman–Crippen LogP) is 1.82. The number of piperazine rings is 1. The Morgan fingerprint density at radius 2 is 1.92 bits per heavy atom. The Balaban J connectivity index is 0.00000380. The Labute approximate surface area is 220 Å². The summed E-state index contributed by atoms with van der Waals surface area (Å²) in [5.74, 6) is -2.04. The summed E-state index contributed by atoms with van der Waals surface area (Å²) >= 11 is 0.936. The number of carbonyl (C=O) groups excluding carboxylic acids is 2. The number of allylic oxidation sites excluding steroid dienone is 2. The van der Waals surface area contributed by atoms with Gasteiger partial charge in [-0.05, 0) is 25.3 Å². The SMILES string of the molecule is CN1CCN(CC(=O)NC2(c3nnc(-c4ccccn4)s3)CC(C(N)=O)=CC=C2OC(F)(F)F)CC1.Cl. The van der Waals surface area contributed by atoms with Crippen LogP contribution in [0.1, 0.15) is 11.4 Å². The van der Waals surface area contributed by atoms with E-state index >= 15 is 0 Å². The number of halogens is 4. The Kier molecular flexibility index (Phi) is 8.89. The Morgan fingerprint density at radius 3 is 2.54 bits per heavy atom. The third kappa shape index (κ3) is 6.83. The number of pyridine rings is 1. The molecule has 0 saturated carbocycles. The summed E-state index contributed by atoms with van der Waals surface area (Å²) in [7, 11) is 1.96. The Hall–Kier alpha value is -3.07. The van der Waals surface area contributed by atoms with Gasteiger partial charge < -0.3 is 20.7 Å². The Bertz CT molecular complexity index is 1180. The molecule has 15 heteroatoms. The minimum Gasteiger partial charge on any atom is -0.407 e. The van der Waals surface area contributed by atoms with Crippen molar-refractivity contribution in [3.05, 3.63) is 52.9 Å². The van der Waals surface area contributed by atoms with Gasteiger partial charge in [0.1, 0.15) is 11.5 Å². The molecule has 1 aliphatic carbocycles. The van der Waals surface area contributed by atoms with E-state index in [1.165, 1.54) is 6.20 Å². The molecule has 37 heavy (non-hydrogen) atoms. The fourth-order valence-electron chi connectivity index (χ4n) is 3.98. The molecule has 1 aliphatic heterocycles. The molecule has 1 atom stereocenters. The van der Waals surface area contributed by atoms with Gasteiger partial charge in [-0.25, -0.2) is 0 Å². The number of rotatable bonds is 7. The van der Waals surface area contributed by atoms with Crippen molar-refractivity contribution in [1.82, 2.24) is 30.3 Å². The molecule has 1 fully saturated rings. The van der Waals surface area contributed by atoms with E-state index in [0.717, 1.165) is 36.6 Å². The number of nitrogens with one attached hydrogen (secondary N) is 1. The second kappa shape index (κ2) is 11.5. The number of alkyl halides is 3. The van der Waals surface area contributed by atoms with E-state index in [1.54, 1.807) is 18.2 Å². The molecule has 2 aliphatic rings. The highest BCUT2D eigenvalue weighted by molar-refractivity contribution is 7.14. The molecule has 200 valence electrons. The fourth-order valence-corrected chi connectivity index (χ4v) is 4.95. The predicted molar refractivity (Wildman–Crippen MR) is 131 cm³/mol. The highest BCUT2D eigenvalue weighted by atomic mass is 35.5. The summed E-state index contributed by atoms with van der Waals surface area (Å²) in [6.45, 7) is 2.68. The zero-order valence-corrected chi connectivity index (χ0v) is 21.3. The van der Waals surface area contributed by atoms with Crippen LogP contribution in [0.25, 0.3) is 10.7 Å². The second-order valence-corrected chi connectivity index (χ2v) is 9.45. The number of likely N-dealkylation sites (N-methyl/N-ethyl adjacent to an activating group) is 1. The first-order chi connectivity index (χ1) is 17.1. The van der Waals surface area contributed by atoms with E-state index in [0.29, 0.717) is 23.8 Å². The van der Waals surface area contributed by atoms with Gasteiger partial charge in [-0.1, -0.05) is 23.5 Å². The van der Waals surface area contributed by atoms with Crippen molar-refractivity contribution in [1.29, 1.82) is 0 Å². The van der Waals surface area contributed by atoms with E-state index in [1.807, 2.05) is 11.9 Å². The molecule has 2 aromatic rings. The monoisotopic (exact) mass is 559 g/mol. The van der Waals surface area contributed by atoms with Crippen LogP contribution in [0.4, 0.5) is 13.2 Å². The van der Waals surface area contributed by atoms with Gasteiger partial charge in [0.15, 0.2) is 15.6 Å². The molecular formula is C22H25ClF3N7O3S. The summed E-state index contributed by atoms with van der Waals surface area (Å²) in [6.07, 6.45) is -1.79. The van der Waals surface area contributed by atoms with Crippen LogP contribution in [-0.4, -0.2) is 82.9 Å². The van der Waals surface area contributed by atoms with Gasteiger partial charge in [0.2, 0.25) is 11.8 Å². The lowest BCUT2D eigenvalue weighted by atomic mass is 9.84. The van der Waals surface area contributed by atoms with E-state index < -0.39 is 35.9 Å². The molecule has 0 bridgehead atoms. The standard InChI is InChI=1S/C22H24F3N7O3S.ClH/c1-31-8-10-32(11-9-31)13-17(33)28-21(20-30-29-19(36-20)15-4-2-3-7-27-15)12-14(18(26)34)5-6-16(21)35-22(23,24)25;/h2-7H,8-13H2,1H3,(H2,26,34)(H,28,33);1H. The second-order valence-electron chi connectivity index (χ2n) is 8.47. The van der Waals surface area contributed by atoms with E-state index in [4.69, 9.17) is 5.73 Å². The van der Waals surface area contributed by atoms with Crippen LogP contribution in [0, 0.1) is 0 Å². The van der Waals surface area contributed by atoms with Gasteiger partial charge in [0, 0.05) is 44.4 Å². The third-order valence-corrected chi connectivity index (χ3v) is 6.95. The number of carbonyl (C=O) groups is 2. The normalized spacial score (nSPS) is 20.9. The van der Waals surface area contributed by atoms with Crippen molar-refractivity contribution in [3.63, 3.8) is 0 Å². The van der Waals surface area contributed by atoms with Crippen LogP contribution >= 0.6 is 23.7 Å².